The minimum atomic E-state index is -4.81. The molecule has 9 heteroatoms. The molecule has 0 radical (unpaired) electrons. The molecule has 0 aliphatic carbocycles. The molecular formula is C15H8F6N2O. The van der Waals surface area contributed by atoms with Gasteiger partial charge in [0.2, 0.25) is 0 Å². The first-order chi connectivity index (χ1) is 11.1. The van der Waals surface area contributed by atoms with Crippen LogP contribution in [0.1, 0.15) is 5.56 Å². The summed E-state index contributed by atoms with van der Waals surface area (Å²) in [5, 5.41) is 3.63. The first-order valence-corrected chi connectivity index (χ1v) is 6.54. The maximum atomic E-state index is 12.9. The maximum Gasteiger partial charge on any atom is 0.573 e. The van der Waals surface area contributed by atoms with E-state index in [0.29, 0.717) is 11.1 Å². The number of benzene rings is 1. The fourth-order valence-electron chi connectivity index (χ4n) is 2.23. The molecule has 3 aromatic rings. The molecular weight excluding hydrogens is 338 g/mol. The lowest BCUT2D eigenvalue weighted by Crippen LogP contribution is -2.16. The monoisotopic (exact) mass is 346 g/mol. The second-order valence-corrected chi connectivity index (χ2v) is 4.87. The van der Waals surface area contributed by atoms with Gasteiger partial charge in [0.15, 0.2) is 0 Å². The zero-order valence-corrected chi connectivity index (χ0v) is 11.7. The van der Waals surface area contributed by atoms with Crippen LogP contribution in [0.5, 0.6) is 5.75 Å². The van der Waals surface area contributed by atoms with Gasteiger partial charge in [0.25, 0.3) is 0 Å². The molecule has 0 saturated heterocycles. The molecule has 0 saturated carbocycles. The van der Waals surface area contributed by atoms with Gasteiger partial charge in [-0.25, -0.2) is 4.52 Å². The van der Waals surface area contributed by atoms with Crippen LogP contribution in [-0.4, -0.2) is 16.0 Å². The van der Waals surface area contributed by atoms with Crippen molar-refractivity contribution in [2.75, 3.05) is 0 Å². The third-order valence-electron chi connectivity index (χ3n) is 3.25. The van der Waals surface area contributed by atoms with Crippen LogP contribution >= 0.6 is 0 Å². The number of pyridine rings is 1. The number of rotatable bonds is 2. The summed E-state index contributed by atoms with van der Waals surface area (Å²) in [6.45, 7) is 0. The third kappa shape index (κ3) is 3.29. The Hall–Kier alpha value is -2.71. The van der Waals surface area contributed by atoms with Crippen molar-refractivity contribution in [1.29, 1.82) is 0 Å². The lowest BCUT2D eigenvalue weighted by atomic mass is 10.1. The van der Waals surface area contributed by atoms with Crippen LogP contribution in [0.3, 0.4) is 0 Å². The van der Waals surface area contributed by atoms with Crippen molar-refractivity contribution in [2.24, 2.45) is 0 Å². The van der Waals surface area contributed by atoms with Crippen molar-refractivity contribution in [2.45, 2.75) is 12.5 Å². The largest absolute Gasteiger partial charge is 0.573 e. The summed E-state index contributed by atoms with van der Waals surface area (Å²) in [6, 6.07) is 7.63. The van der Waals surface area contributed by atoms with E-state index in [1.54, 1.807) is 0 Å². The van der Waals surface area contributed by atoms with Gasteiger partial charge >= 0.3 is 12.5 Å². The summed E-state index contributed by atoms with van der Waals surface area (Å²) in [5.74, 6) is -0.410. The van der Waals surface area contributed by atoms with Crippen LogP contribution < -0.4 is 4.74 Å². The number of hydrogen-bond acceptors (Lipinski definition) is 2. The Kier molecular flexibility index (Phi) is 3.66. The van der Waals surface area contributed by atoms with E-state index in [2.05, 4.69) is 9.84 Å². The molecule has 0 N–H and O–H groups in total. The van der Waals surface area contributed by atoms with Gasteiger partial charge in [0.1, 0.15) is 11.3 Å². The first-order valence-electron chi connectivity index (χ1n) is 6.54. The zero-order valence-electron chi connectivity index (χ0n) is 11.7. The quantitative estimate of drug-likeness (QED) is 0.616. The van der Waals surface area contributed by atoms with Gasteiger partial charge in [0.05, 0.1) is 11.7 Å². The predicted molar refractivity (Wildman–Crippen MR) is 72.3 cm³/mol. The number of ether oxygens (including phenoxy) is 1. The molecule has 24 heavy (non-hydrogen) atoms. The topological polar surface area (TPSA) is 26.5 Å². The minimum absolute atomic E-state index is 0.143. The van der Waals surface area contributed by atoms with Crippen LogP contribution in [0.15, 0.2) is 48.8 Å². The number of hydrogen-bond donors (Lipinski definition) is 0. The molecule has 0 bridgehead atoms. The highest BCUT2D eigenvalue weighted by Crippen LogP contribution is 2.34. The van der Waals surface area contributed by atoms with Gasteiger partial charge in [-0.15, -0.1) is 13.2 Å². The van der Waals surface area contributed by atoms with Gasteiger partial charge in [-0.05, 0) is 35.4 Å². The van der Waals surface area contributed by atoms with E-state index < -0.39 is 23.9 Å². The van der Waals surface area contributed by atoms with Crippen molar-refractivity contribution in [3.8, 4) is 16.9 Å². The second kappa shape index (κ2) is 5.43. The molecule has 3 nitrogen and oxygen atoms in total. The standard InChI is InChI=1S/C15H8F6N2O/c16-14(17,18)12-8-22-23-6-5-10(7-13(12)23)9-1-3-11(4-2-9)24-15(19,20)21/h1-8H. The molecule has 0 aliphatic heterocycles. The van der Waals surface area contributed by atoms with E-state index in [1.165, 1.54) is 30.5 Å². The predicted octanol–water partition coefficient (Wildman–Crippen LogP) is 4.92. The lowest BCUT2D eigenvalue weighted by molar-refractivity contribution is -0.274. The lowest BCUT2D eigenvalue weighted by Gasteiger charge is -2.10. The molecule has 126 valence electrons. The first kappa shape index (κ1) is 16.2. The highest BCUT2D eigenvalue weighted by Gasteiger charge is 2.34. The van der Waals surface area contributed by atoms with Gasteiger partial charge in [-0.2, -0.15) is 18.3 Å². The maximum absolute atomic E-state index is 12.9. The Morgan fingerprint density at radius 2 is 1.54 bits per heavy atom. The van der Waals surface area contributed by atoms with Crippen molar-refractivity contribution in [3.63, 3.8) is 0 Å². The molecule has 0 unspecified atom stereocenters. The fourth-order valence-corrected chi connectivity index (χ4v) is 2.23. The van der Waals surface area contributed by atoms with Crippen LogP contribution in [0, 0.1) is 0 Å². The normalized spacial score (nSPS) is 12.6. The molecule has 2 heterocycles. The number of fused-ring (bicyclic) bond motifs is 1. The molecule has 0 atom stereocenters. The number of aromatic nitrogens is 2. The summed E-state index contributed by atoms with van der Waals surface area (Å²) in [6.07, 6.45) is -7.29. The summed E-state index contributed by atoms with van der Waals surface area (Å²) < 4.78 is 80.0. The van der Waals surface area contributed by atoms with Crippen LogP contribution in [-0.2, 0) is 6.18 Å². The van der Waals surface area contributed by atoms with Crippen LogP contribution in [0.25, 0.3) is 16.6 Å². The molecule has 1 aromatic carbocycles. The molecule has 2 aromatic heterocycles. The SMILES string of the molecule is FC(F)(F)Oc1ccc(-c2ccn3ncc(C(F)(F)F)c3c2)cc1. The third-order valence-corrected chi connectivity index (χ3v) is 3.25. The zero-order chi connectivity index (χ0) is 17.5. The Morgan fingerprint density at radius 3 is 2.12 bits per heavy atom. The molecule has 0 aliphatic rings. The summed E-state index contributed by atoms with van der Waals surface area (Å²) in [5.41, 5.74) is -0.176. The van der Waals surface area contributed by atoms with Crippen molar-refractivity contribution in [1.82, 2.24) is 9.61 Å². The summed E-state index contributed by atoms with van der Waals surface area (Å²) in [4.78, 5) is 0. The van der Waals surface area contributed by atoms with E-state index in [4.69, 9.17) is 0 Å². The van der Waals surface area contributed by atoms with E-state index in [-0.39, 0.29) is 5.52 Å². The Bertz CT molecular complexity index is 864. The average molecular weight is 346 g/mol. The number of halogens is 6. The highest BCUT2D eigenvalue weighted by atomic mass is 19.4. The van der Waals surface area contributed by atoms with E-state index >= 15 is 0 Å². The number of nitrogens with zero attached hydrogens (tertiary/aromatic N) is 2. The minimum Gasteiger partial charge on any atom is -0.406 e. The van der Waals surface area contributed by atoms with E-state index in [1.807, 2.05) is 0 Å². The van der Waals surface area contributed by atoms with E-state index in [9.17, 15) is 26.3 Å². The summed E-state index contributed by atoms with van der Waals surface area (Å²) in [7, 11) is 0. The Balaban J connectivity index is 1.97. The van der Waals surface area contributed by atoms with Crippen LogP contribution in [0.4, 0.5) is 26.3 Å². The summed E-state index contributed by atoms with van der Waals surface area (Å²) >= 11 is 0. The Labute approximate surface area is 131 Å². The van der Waals surface area contributed by atoms with Gasteiger partial charge in [-0.1, -0.05) is 12.1 Å². The van der Waals surface area contributed by atoms with Crippen molar-refractivity contribution < 1.29 is 31.1 Å². The molecule has 0 fully saturated rings. The van der Waals surface area contributed by atoms with E-state index in [0.717, 1.165) is 22.8 Å². The smallest absolute Gasteiger partial charge is 0.406 e. The van der Waals surface area contributed by atoms with Gasteiger partial charge < -0.3 is 4.74 Å². The van der Waals surface area contributed by atoms with Crippen LogP contribution in [0.2, 0.25) is 0 Å². The number of alkyl halides is 6. The molecule has 0 amide bonds. The average Bonchev–Trinajstić information content (AvgIpc) is 2.89. The molecule has 0 spiro atoms. The fraction of sp³-hybridized carbons (Fsp3) is 0.133. The van der Waals surface area contributed by atoms with Crippen molar-refractivity contribution in [3.05, 3.63) is 54.4 Å². The molecule has 3 rings (SSSR count). The van der Waals surface area contributed by atoms with Crippen molar-refractivity contribution >= 4 is 5.52 Å². The van der Waals surface area contributed by atoms with Gasteiger partial charge in [0, 0.05) is 6.20 Å². The van der Waals surface area contributed by atoms with Gasteiger partial charge in [-0.3, -0.25) is 0 Å². The second-order valence-electron chi connectivity index (χ2n) is 4.87. The Morgan fingerprint density at radius 1 is 0.875 bits per heavy atom. The highest BCUT2D eigenvalue weighted by molar-refractivity contribution is 5.71.